The normalized spacial score (nSPS) is 16.8. The highest BCUT2D eigenvalue weighted by molar-refractivity contribution is 7.99. The number of hydrogen-bond donors (Lipinski definition) is 2. The minimum atomic E-state index is -0.388. The number of amides is 1. The maximum absolute atomic E-state index is 11.2. The van der Waals surface area contributed by atoms with Crippen LogP contribution in [0.3, 0.4) is 0 Å². The lowest BCUT2D eigenvalue weighted by Crippen LogP contribution is -2.13. The number of anilines is 1. The van der Waals surface area contributed by atoms with Crippen molar-refractivity contribution in [2.75, 3.05) is 11.1 Å². The molecule has 3 nitrogen and oxygen atoms in total. The molecule has 0 bridgehead atoms. The number of carbonyl (C=O) groups excluding carboxylic acids is 1. The molecule has 4 heteroatoms. The molecule has 0 fully saturated rings. The number of rotatable bonds is 3. The fraction of sp³-hybridized carbons (Fsp3) is 0.188. The van der Waals surface area contributed by atoms with Crippen LogP contribution in [-0.4, -0.2) is 11.7 Å². The summed E-state index contributed by atoms with van der Waals surface area (Å²) in [6, 6.07) is 14.3. The summed E-state index contributed by atoms with van der Waals surface area (Å²) < 4.78 is 0. The predicted molar refractivity (Wildman–Crippen MR) is 83.2 cm³/mol. The summed E-state index contributed by atoms with van der Waals surface area (Å²) in [4.78, 5) is 12.5. The van der Waals surface area contributed by atoms with E-state index in [2.05, 4.69) is 29.6 Å². The van der Waals surface area contributed by atoms with Crippen molar-refractivity contribution in [3.8, 4) is 0 Å². The van der Waals surface area contributed by atoms with Crippen LogP contribution in [0.4, 0.5) is 5.69 Å². The van der Waals surface area contributed by atoms with Crippen molar-refractivity contribution < 1.29 is 4.79 Å². The van der Waals surface area contributed by atoms with Crippen LogP contribution in [0.1, 0.15) is 27.5 Å². The smallest absolute Gasteiger partial charge is 0.248 e. The first-order valence-electron chi connectivity index (χ1n) is 6.54. The summed E-state index contributed by atoms with van der Waals surface area (Å²) in [6.07, 6.45) is 0. The van der Waals surface area contributed by atoms with Gasteiger partial charge in [0.05, 0.1) is 6.04 Å². The first-order valence-corrected chi connectivity index (χ1v) is 7.52. The third-order valence-corrected chi connectivity index (χ3v) is 4.72. The maximum Gasteiger partial charge on any atom is 0.248 e. The van der Waals surface area contributed by atoms with E-state index in [1.165, 1.54) is 10.5 Å². The Morgan fingerprint density at radius 1 is 1.30 bits per heavy atom. The van der Waals surface area contributed by atoms with Crippen molar-refractivity contribution in [2.24, 2.45) is 5.73 Å². The minimum Gasteiger partial charge on any atom is -0.377 e. The second-order valence-electron chi connectivity index (χ2n) is 4.94. The van der Waals surface area contributed by atoms with Gasteiger partial charge in [-0.05, 0) is 42.3 Å². The second kappa shape index (κ2) is 5.21. The highest BCUT2D eigenvalue weighted by Crippen LogP contribution is 2.39. The SMILES string of the molecule is Cc1cc(C(N)=O)ccc1NC1CSc2ccccc21. The van der Waals surface area contributed by atoms with Crippen LogP contribution >= 0.6 is 11.8 Å². The average Bonchev–Trinajstić information content (AvgIpc) is 2.84. The molecular weight excluding hydrogens is 268 g/mol. The first kappa shape index (κ1) is 13.1. The minimum absolute atomic E-state index is 0.314. The molecule has 1 unspecified atom stereocenters. The number of nitrogens with one attached hydrogen (secondary N) is 1. The molecule has 1 aliphatic rings. The number of carbonyl (C=O) groups is 1. The lowest BCUT2D eigenvalue weighted by Gasteiger charge is -2.17. The predicted octanol–water partition coefficient (Wildman–Crippen LogP) is 3.35. The van der Waals surface area contributed by atoms with E-state index in [0.717, 1.165) is 17.0 Å². The van der Waals surface area contributed by atoms with E-state index in [0.29, 0.717) is 11.6 Å². The van der Waals surface area contributed by atoms with Gasteiger partial charge in [-0.1, -0.05) is 18.2 Å². The summed E-state index contributed by atoms with van der Waals surface area (Å²) in [5.74, 6) is 0.637. The monoisotopic (exact) mass is 284 g/mol. The lowest BCUT2D eigenvalue weighted by molar-refractivity contribution is 0.1000. The molecule has 2 aromatic carbocycles. The molecule has 0 spiro atoms. The van der Waals surface area contributed by atoms with Crippen LogP contribution in [0.2, 0.25) is 0 Å². The summed E-state index contributed by atoms with van der Waals surface area (Å²) >= 11 is 1.87. The first-order chi connectivity index (χ1) is 9.65. The second-order valence-corrected chi connectivity index (χ2v) is 6.00. The van der Waals surface area contributed by atoms with Crippen molar-refractivity contribution in [3.63, 3.8) is 0 Å². The fourth-order valence-electron chi connectivity index (χ4n) is 2.45. The van der Waals surface area contributed by atoms with E-state index in [4.69, 9.17) is 5.73 Å². The van der Waals surface area contributed by atoms with Gasteiger partial charge in [-0.25, -0.2) is 0 Å². The Kier molecular flexibility index (Phi) is 3.40. The van der Waals surface area contributed by atoms with Crippen molar-refractivity contribution in [3.05, 3.63) is 59.2 Å². The van der Waals surface area contributed by atoms with E-state index >= 15 is 0 Å². The van der Waals surface area contributed by atoms with Crippen LogP contribution in [0.5, 0.6) is 0 Å². The molecule has 1 heterocycles. The van der Waals surface area contributed by atoms with Crippen LogP contribution in [-0.2, 0) is 0 Å². The van der Waals surface area contributed by atoms with Crippen LogP contribution in [0.25, 0.3) is 0 Å². The Bertz CT molecular complexity index is 669. The molecular formula is C16H16N2OS. The van der Waals surface area contributed by atoms with Crippen LogP contribution in [0, 0.1) is 6.92 Å². The Hall–Kier alpha value is -1.94. The molecule has 0 saturated carbocycles. The summed E-state index contributed by atoms with van der Waals surface area (Å²) in [5.41, 5.74) is 9.28. The van der Waals surface area contributed by atoms with E-state index < -0.39 is 0 Å². The van der Waals surface area contributed by atoms with Gasteiger partial charge in [-0.15, -0.1) is 11.8 Å². The van der Waals surface area contributed by atoms with Gasteiger partial charge in [-0.3, -0.25) is 4.79 Å². The van der Waals surface area contributed by atoms with Crippen LogP contribution in [0.15, 0.2) is 47.4 Å². The zero-order valence-electron chi connectivity index (χ0n) is 11.2. The lowest BCUT2D eigenvalue weighted by atomic mass is 10.1. The van der Waals surface area contributed by atoms with Gasteiger partial charge >= 0.3 is 0 Å². The Labute approximate surface area is 122 Å². The van der Waals surface area contributed by atoms with E-state index in [1.807, 2.05) is 30.8 Å². The Balaban J connectivity index is 1.84. The van der Waals surface area contributed by atoms with E-state index in [9.17, 15) is 4.79 Å². The molecule has 3 rings (SSSR count). The van der Waals surface area contributed by atoms with Gasteiger partial charge in [0.15, 0.2) is 0 Å². The Morgan fingerprint density at radius 3 is 2.85 bits per heavy atom. The zero-order valence-corrected chi connectivity index (χ0v) is 12.0. The van der Waals surface area contributed by atoms with Gasteiger partial charge in [0, 0.05) is 21.9 Å². The fourth-order valence-corrected chi connectivity index (χ4v) is 3.61. The van der Waals surface area contributed by atoms with Gasteiger partial charge in [0.2, 0.25) is 5.91 Å². The van der Waals surface area contributed by atoms with Crippen LogP contribution < -0.4 is 11.1 Å². The van der Waals surface area contributed by atoms with Gasteiger partial charge < -0.3 is 11.1 Å². The van der Waals surface area contributed by atoms with Crippen molar-refractivity contribution in [1.82, 2.24) is 0 Å². The molecule has 102 valence electrons. The quantitative estimate of drug-likeness (QED) is 0.908. The molecule has 3 N–H and O–H groups in total. The highest BCUT2D eigenvalue weighted by atomic mass is 32.2. The summed E-state index contributed by atoms with van der Waals surface area (Å²) in [6.45, 7) is 1.99. The number of thioether (sulfide) groups is 1. The number of primary amides is 1. The topological polar surface area (TPSA) is 55.1 Å². The molecule has 0 aromatic heterocycles. The summed E-state index contributed by atoms with van der Waals surface area (Å²) in [5, 5.41) is 3.56. The largest absolute Gasteiger partial charge is 0.377 e. The van der Waals surface area contributed by atoms with Gasteiger partial charge in [-0.2, -0.15) is 0 Å². The molecule has 2 aromatic rings. The molecule has 0 aliphatic carbocycles. The zero-order chi connectivity index (χ0) is 14.1. The Morgan fingerprint density at radius 2 is 2.10 bits per heavy atom. The van der Waals surface area contributed by atoms with Crippen molar-refractivity contribution >= 4 is 23.4 Å². The molecule has 0 saturated heterocycles. The molecule has 20 heavy (non-hydrogen) atoms. The van der Waals surface area contributed by atoms with Crippen molar-refractivity contribution in [1.29, 1.82) is 0 Å². The van der Waals surface area contributed by atoms with E-state index in [-0.39, 0.29) is 5.91 Å². The molecule has 1 atom stereocenters. The molecule has 1 aliphatic heterocycles. The summed E-state index contributed by atoms with van der Waals surface area (Å²) in [7, 11) is 0. The number of nitrogens with two attached hydrogens (primary N) is 1. The van der Waals surface area contributed by atoms with E-state index in [1.54, 1.807) is 6.07 Å². The van der Waals surface area contributed by atoms with Gasteiger partial charge in [0.25, 0.3) is 0 Å². The number of benzene rings is 2. The number of fused-ring (bicyclic) bond motifs is 1. The number of hydrogen-bond acceptors (Lipinski definition) is 3. The third kappa shape index (κ3) is 2.39. The highest BCUT2D eigenvalue weighted by Gasteiger charge is 2.22. The van der Waals surface area contributed by atoms with Gasteiger partial charge in [0.1, 0.15) is 0 Å². The van der Waals surface area contributed by atoms with Crippen molar-refractivity contribution in [2.45, 2.75) is 17.9 Å². The number of aryl methyl sites for hydroxylation is 1. The molecule has 0 radical (unpaired) electrons. The standard InChI is InChI=1S/C16H16N2OS/c1-10-8-11(16(17)19)6-7-13(10)18-14-9-20-15-5-3-2-4-12(14)15/h2-8,14,18H,9H2,1H3,(H2,17,19). The molecule has 1 amide bonds. The third-order valence-electron chi connectivity index (χ3n) is 3.54. The maximum atomic E-state index is 11.2. The average molecular weight is 284 g/mol.